The summed E-state index contributed by atoms with van der Waals surface area (Å²) in [6.07, 6.45) is -2.36. The third-order valence-electron chi connectivity index (χ3n) is 3.59. The number of pyridine rings is 1. The zero-order valence-electron chi connectivity index (χ0n) is 15.2. The van der Waals surface area contributed by atoms with Crippen LogP contribution in [0.5, 0.6) is 17.4 Å². The van der Waals surface area contributed by atoms with Crippen LogP contribution in [0.15, 0.2) is 41.0 Å². The quantitative estimate of drug-likeness (QED) is 0.467. The molecule has 0 bridgehead atoms. The summed E-state index contributed by atoms with van der Waals surface area (Å²) in [5, 5.41) is -0.239. The van der Waals surface area contributed by atoms with Crippen molar-refractivity contribution in [2.45, 2.75) is 32.4 Å². The van der Waals surface area contributed by atoms with E-state index in [1.807, 2.05) is 20.8 Å². The maximum atomic E-state index is 12.8. The Morgan fingerprint density at radius 3 is 2.36 bits per heavy atom. The van der Waals surface area contributed by atoms with Gasteiger partial charge >= 0.3 is 6.18 Å². The Balaban J connectivity index is 2.33. The summed E-state index contributed by atoms with van der Waals surface area (Å²) < 4.78 is 49.7. The number of rotatable bonds is 5. The minimum Gasteiger partial charge on any atom is -0.489 e. The molecular formula is C19H17Cl3F3NO2. The molecule has 0 amide bonds. The third-order valence-corrected chi connectivity index (χ3v) is 4.17. The molecule has 1 aromatic heterocycles. The fraction of sp³-hybridized carbons (Fsp3) is 0.316. The van der Waals surface area contributed by atoms with E-state index in [1.54, 1.807) is 18.2 Å². The standard InChI is InChI=1S/C19H17Cl3F3NO2/c1-18(2,3)13-9-12(27-7-6-16(21)22)4-5-15(13)28-17-14(20)8-11(10-26-17)19(23,24)25/h4-6,8-10H,7H2,1-3H3. The molecule has 0 N–H and O–H groups in total. The summed E-state index contributed by atoms with van der Waals surface area (Å²) >= 11 is 17.0. The molecule has 1 aromatic carbocycles. The lowest BCUT2D eigenvalue weighted by atomic mass is 9.86. The molecule has 0 radical (unpaired) electrons. The molecule has 2 rings (SSSR count). The van der Waals surface area contributed by atoms with E-state index in [-0.39, 0.29) is 27.4 Å². The third kappa shape index (κ3) is 6.19. The Hall–Kier alpha value is -1.63. The van der Waals surface area contributed by atoms with E-state index in [4.69, 9.17) is 44.3 Å². The number of hydrogen-bond donors (Lipinski definition) is 0. The molecule has 0 aliphatic carbocycles. The fourth-order valence-corrected chi connectivity index (χ4v) is 2.57. The number of ether oxygens (including phenoxy) is 2. The van der Waals surface area contributed by atoms with Gasteiger partial charge < -0.3 is 9.47 Å². The SMILES string of the molecule is CC(C)(C)c1cc(OCC=C(Cl)Cl)ccc1Oc1ncc(C(F)(F)F)cc1Cl. The summed E-state index contributed by atoms with van der Waals surface area (Å²) in [6.45, 7) is 6.04. The topological polar surface area (TPSA) is 31.4 Å². The molecule has 0 spiro atoms. The lowest BCUT2D eigenvalue weighted by Gasteiger charge is -2.23. The van der Waals surface area contributed by atoms with Gasteiger partial charge in [-0.15, -0.1) is 0 Å². The van der Waals surface area contributed by atoms with E-state index in [1.165, 1.54) is 6.08 Å². The molecule has 0 fully saturated rings. The van der Waals surface area contributed by atoms with Gasteiger partial charge in [0, 0.05) is 11.8 Å². The van der Waals surface area contributed by atoms with Gasteiger partial charge in [-0.3, -0.25) is 0 Å². The molecule has 0 unspecified atom stereocenters. The molecule has 3 nitrogen and oxygen atoms in total. The second kappa shape index (κ2) is 8.80. The predicted molar refractivity (Wildman–Crippen MR) is 105 cm³/mol. The average Bonchev–Trinajstić information content (AvgIpc) is 2.55. The van der Waals surface area contributed by atoms with Crippen LogP contribution in [0.4, 0.5) is 13.2 Å². The number of hydrogen-bond acceptors (Lipinski definition) is 3. The molecular weight excluding hydrogens is 438 g/mol. The van der Waals surface area contributed by atoms with E-state index in [2.05, 4.69) is 4.98 Å². The first-order valence-electron chi connectivity index (χ1n) is 8.07. The van der Waals surface area contributed by atoms with Crippen molar-refractivity contribution in [3.63, 3.8) is 0 Å². The molecule has 1 heterocycles. The predicted octanol–water partition coefficient (Wildman–Crippen LogP) is 7.54. The van der Waals surface area contributed by atoms with Crippen LogP contribution in [0.25, 0.3) is 0 Å². The number of halogens is 6. The normalized spacial score (nSPS) is 11.9. The smallest absolute Gasteiger partial charge is 0.417 e. The summed E-state index contributed by atoms with van der Waals surface area (Å²) in [6, 6.07) is 5.83. The number of alkyl halides is 3. The Bertz CT molecular complexity index is 874. The zero-order valence-corrected chi connectivity index (χ0v) is 17.5. The van der Waals surface area contributed by atoms with Crippen LogP contribution in [-0.4, -0.2) is 11.6 Å². The Morgan fingerprint density at radius 2 is 1.82 bits per heavy atom. The Kier molecular flexibility index (Phi) is 7.12. The van der Waals surface area contributed by atoms with E-state index in [0.717, 1.165) is 11.6 Å². The summed E-state index contributed by atoms with van der Waals surface area (Å²) in [5.41, 5.74) is -0.549. The monoisotopic (exact) mass is 453 g/mol. The van der Waals surface area contributed by atoms with Gasteiger partial charge in [0.25, 0.3) is 0 Å². The van der Waals surface area contributed by atoms with Crippen LogP contribution in [-0.2, 0) is 11.6 Å². The van der Waals surface area contributed by atoms with Crippen molar-refractivity contribution in [1.82, 2.24) is 4.98 Å². The lowest BCUT2D eigenvalue weighted by Crippen LogP contribution is -2.13. The van der Waals surface area contributed by atoms with Crippen molar-refractivity contribution in [2.24, 2.45) is 0 Å². The molecule has 0 aliphatic rings. The maximum Gasteiger partial charge on any atom is 0.417 e. The van der Waals surface area contributed by atoms with Gasteiger partial charge in [-0.2, -0.15) is 13.2 Å². The van der Waals surface area contributed by atoms with Gasteiger partial charge in [0.05, 0.1) is 5.56 Å². The number of aromatic nitrogens is 1. The molecule has 9 heteroatoms. The van der Waals surface area contributed by atoms with Crippen molar-refractivity contribution in [3.8, 4) is 17.4 Å². The molecule has 0 atom stereocenters. The molecule has 28 heavy (non-hydrogen) atoms. The second-order valence-corrected chi connectivity index (χ2v) is 8.24. The summed E-state index contributed by atoms with van der Waals surface area (Å²) in [4.78, 5) is 3.71. The highest BCUT2D eigenvalue weighted by Crippen LogP contribution is 2.39. The molecule has 0 aliphatic heterocycles. The summed E-state index contributed by atoms with van der Waals surface area (Å²) in [5.74, 6) is 0.834. The van der Waals surface area contributed by atoms with Crippen molar-refractivity contribution < 1.29 is 22.6 Å². The minimum atomic E-state index is -4.54. The van der Waals surface area contributed by atoms with E-state index in [0.29, 0.717) is 17.7 Å². The summed E-state index contributed by atoms with van der Waals surface area (Å²) in [7, 11) is 0. The van der Waals surface area contributed by atoms with Crippen LogP contribution < -0.4 is 9.47 Å². The Morgan fingerprint density at radius 1 is 1.14 bits per heavy atom. The van der Waals surface area contributed by atoms with Gasteiger partial charge in [-0.1, -0.05) is 55.6 Å². The van der Waals surface area contributed by atoms with Crippen molar-refractivity contribution in [2.75, 3.05) is 6.61 Å². The Labute approximate surface area is 176 Å². The van der Waals surface area contributed by atoms with Crippen LogP contribution in [0.3, 0.4) is 0 Å². The highest BCUT2D eigenvalue weighted by molar-refractivity contribution is 6.55. The lowest BCUT2D eigenvalue weighted by molar-refractivity contribution is -0.137. The van der Waals surface area contributed by atoms with Crippen LogP contribution in [0, 0.1) is 0 Å². The first-order chi connectivity index (χ1) is 12.9. The van der Waals surface area contributed by atoms with Crippen molar-refractivity contribution in [3.05, 3.63) is 57.2 Å². The molecule has 152 valence electrons. The highest BCUT2D eigenvalue weighted by Gasteiger charge is 2.32. The highest BCUT2D eigenvalue weighted by atomic mass is 35.5. The van der Waals surface area contributed by atoms with E-state index < -0.39 is 11.7 Å². The zero-order chi connectivity index (χ0) is 21.1. The van der Waals surface area contributed by atoms with Gasteiger partial charge in [0.1, 0.15) is 27.6 Å². The minimum absolute atomic E-state index is 0.0963. The van der Waals surface area contributed by atoms with E-state index in [9.17, 15) is 13.2 Å². The van der Waals surface area contributed by atoms with Gasteiger partial charge in [-0.05, 0) is 35.8 Å². The molecule has 0 saturated carbocycles. The maximum absolute atomic E-state index is 12.8. The van der Waals surface area contributed by atoms with Gasteiger partial charge in [0.2, 0.25) is 5.88 Å². The van der Waals surface area contributed by atoms with Crippen LogP contribution >= 0.6 is 34.8 Å². The number of nitrogens with zero attached hydrogens (tertiary/aromatic N) is 1. The fourth-order valence-electron chi connectivity index (χ4n) is 2.23. The first kappa shape index (κ1) is 22.7. The van der Waals surface area contributed by atoms with Gasteiger partial charge in [0.15, 0.2) is 0 Å². The van der Waals surface area contributed by atoms with Crippen LogP contribution in [0.1, 0.15) is 31.9 Å². The van der Waals surface area contributed by atoms with E-state index >= 15 is 0 Å². The molecule has 2 aromatic rings. The van der Waals surface area contributed by atoms with Crippen LogP contribution in [0.2, 0.25) is 5.02 Å². The largest absolute Gasteiger partial charge is 0.489 e. The van der Waals surface area contributed by atoms with Gasteiger partial charge in [-0.25, -0.2) is 4.98 Å². The van der Waals surface area contributed by atoms with Crippen molar-refractivity contribution in [1.29, 1.82) is 0 Å². The second-order valence-electron chi connectivity index (χ2n) is 6.82. The average molecular weight is 455 g/mol. The molecule has 0 saturated heterocycles. The first-order valence-corrected chi connectivity index (χ1v) is 9.20. The van der Waals surface area contributed by atoms with Crippen molar-refractivity contribution >= 4 is 34.8 Å². The number of benzene rings is 1.